The van der Waals surface area contributed by atoms with Gasteiger partial charge in [-0.1, -0.05) is 36.4 Å². The Labute approximate surface area is 128 Å². The summed E-state index contributed by atoms with van der Waals surface area (Å²) < 4.78 is 5.00. The third-order valence-electron chi connectivity index (χ3n) is 2.80. The van der Waals surface area contributed by atoms with Crippen molar-refractivity contribution in [2.24, 2.45) is 0 Å². The molecule has 22 heavy (non-hydrogen) atoms. The Morgan fingerprint density at radius 3 is 2.50 bits per heavy atom. The van der Waals surface area contributed by atoms with Gasteiger partial charge < -0.3 is 15.4 Å². The lowest BCUT2D eigenvalue weighted by atomic mass is 10.2. The maximum Gasteiger partial charge on any atom is 0.407 e. The molecule has 0 radical (unpaired) electrons. The molecule has 1 heterocycles. The van der Waals surface area contributed by atoms with Crippen molar-refractivity contribution in [1.29, 1.82) is 0 Å². The second-order valence-corrected chi connectivity index (χ2v) is 4.51. The van der Waals surface area contributed by atoms with Crippen LogP contribution in [0.25, 0.3) is 0 Å². The van der Waals surface area contributed by atoms with E-state index in [1.807, 2.05) is 42.5 Å². The summed E-state index contributed by atoms with van der Waals surface area (Å²) in [5.74, 6) is -0.303. The summed E-state index contributed by atoms with van der Waals surface area (Å²) in [6.45, 7) is 0.350. The van der Waals surface area contributed by atoms with Crippen molar-refractivity contribution < 1.29 is 14.3 Å². The van der Waals surface area contributed by atoms with Crippen LogP contribution in [0.2, 0.25) is 0 Å². The number of hydrogen-bond acceptors (Lipinski definition) is 4. The van der Waals surface area contributed by atoms with E-state index in [2.05, 4.69) is 15.6 Å². The van der Waals surface area contributed by atoms with Gasteiger partial charge in [-0.25, -0.2) is 4.79 Å². The number of carbonyl (C=O) groups is 2. The molecule has 0 saturated heterocycles. The first kappa shape index (κ1) is 15.5. The molecule has 0 unspecified atom stereocenters. The van der Waals surface area contributed by atoms with Crippen LogP contribution in [0.15, 0.2) is 54.7 Å². The lowest BCUT2D eigenvalue weighted by Crippen LogP contribution is -2.36. The highest BCUT2D eigenvalue weighted by Gasteiger charge is 2.06. The van der Waals surface area contributed by atoms with Gasteiger partial charge in [0.1, 0.15) is 13.2 Å². The highest BCUT2D eigenvalue weighted by Crippen LogP contribution is 2.00. The van der Waals surface area contributed by atoms with Crippen molar-refractivity contribution >= 4 is 12.0 Å². The largest absolute Gasteiger partial charge is 0.445 e. The van der Waals surface area contributed by atoms with E-state index in [0.29, 0.717) is 6.54 Å². The summed E-state index contributed by atoms with van der Waals surface area (Å²) >= 11 is 0. The number of aromatic nitrogens is 1. The van der Waals surface area contributed by atoms with Crippen LogP contribution >= 0.6 is 0 Å². The summed E-state index contributed by atoms with van der Waals surface area (Å²) in [6, 6.07) is 14.8. The topological polar surface area (TPSA) is 80.3 Å². The molecule has 1 aromatic heterocycles. The number of alkyl carbamates (subject to hydrolysis) is 1. The van der Waals surface area contributed by atoms with Gasteiger partial charge in [0.2, 0.25) is 5.91 Å². The van der Waals surface area contributed by atoms with E-state index < -0.39 is 6.09 Å². The number of ether oxygens (including phenoxy) is 1. The zero-order valence-corrected chi connectivity index (χ0v) is 12.0. The molecule has 2 rings (SSSR count). The normalized spacial score (nSPS) is 9.82. The van der Waals surface area contributed by atoms with Gasteiger partial charge in [0.15, 0.2) is 0 Å². The first-order valence-corrected chi connectivity index (χ1v) is 6.85. The summed E-state index contributed by atoms with van der Waals surface area (Å²) in [4.78, 5) is 27.1. The maximum absolute atomic E-state index is 11.6. The van der Waals surface area contributed by atoms with Crippen molar-refractivity contribution in [3.63, 3.8) is 0 Å². The van der Waals surface area contributed by atoms with E-state index >= 15 is 0 Å². The predicted octanol–water partition coefficient (Wildman–Crippen LogP) is 1.62. The van der Waals surface area contributed by atoms with Gasteiger partial charge in [-0.3, -0.25) is 9.78 Å². The van der Waals surface area contributed by atoms with Crippen molar-refractivity contribution in [2.45, 2.75) is 13.2 Å². The molecular weight excluding hydrogens is 282 g/mol. The van der Waals surface area contributed by atoms with Crippen molar-refractivity contribution in [2.75, 3.05) is 6.54 Å². The second-order valence-electron chi connectivity index (χ2n) is 4.51. The Morgan fingerprint density at radius 2 is 1.77 bits per heavy atom. The Kier molecular flexibility index (Phi) is 5.92. The smallest absolute Gasteiger partial charge is 0.407 e. The van der Waals surface area contributed by atoms with E-state index in [4.69, 9.17) is 4.74 Å². The van der Waals surface area contributed by atoms with Crippen LogP contribution in [0.5, 0.6) is 0 Å². The van der Waals surface area contributed by atoms with Crippen LogP contribution in [0.1, 0.15) is 11.3 Å². The third-order valence-corrected chi connectivity index (χ3v) is 2.80. The number of carbonyl (C=O) groups excluding carboxylic acids is 2. The molecule has 0 aliphatic carbocycles. The van der Waals surface area contributed by atoms with Crippen LogP contribution in [0.4, 0.5) is 4.79 Å². The zero-order chi connectivity index (χ0) is 15.6. The Balaban J connectivity index is 1.62. The molecule has 114 valence electrons. The van der Waals surface area contributed by atoms with E-state index in [9.17, 15) is 9.59 Å². The van der Waals surface area contributed by atoms with Crippen molar-refractivity contribution in [3.05, 3.63) is 66.0 Å². The van der Waals surface area contributed by atoms with Gasteiger partial charge >= 0.3 is 6.09 Å². The minimum Gasteiger partial charge on any atom is -0.445 e. The molecule has 0 aliphatic rings. The highest BCUT2D eigenvalue weighted by molar-refractivity contribution is 5.82. The average molecular weight is 299 g/mol. The number of nitrogens with zero attached hydrogens (tertiary/aromatic N) is 1. The van der Waals surface area contributed by atoms with Crippen molar-refractivity contribution in [3.8, 4) is 0 Å². The van der Waals surface area contributed by atoms with Crippen LogP contribution in [-0.4, -0.2) is 23.5 Å². The molecular formula is C16H17N3O3. The zero-order valence-electron chi connectivity index (χ0n) is 12.0. The number of benzene rings is 1. The SMILES string of the molecule is O=C(CNC(=O)OCc1ccccc1)NCc1ccccn1. The van der Waals surface area contributed by atoms with E-state index in [1.165, 1.54) is 0 Å². The van der Waals surface area contributed by atoms with E-state index in [-0.39, 0.29) is 19.1 Å². The first-order chi connectivity index (χ1) is 10.7. The fraction of sp³-hybridized carbons (Fsp3) is 0.188. The van der Waals surface area contributed by atoms with Gasteiger partial charge in [0, 0.05) is 6.20 Å². The molecule has 0 spiro atoms. The fourth-order valence-corrected chi connectivity index (χ4v) is 1.68. The minimum absolute atomic E-state index is 0.138. The molecule has 2 aromatic rings. The lowest BCUT2D eigenvalue weighted by Gasteiger charge is -2.07. The van der Waals surface area contributed by atoms with Crippen LogP contribution in [0.3, 0.4) is 0 Å². The van der Waals surface area contributed by atoms with E-state index in [0.717, 1.165) is 11.3 Å². The van der Waals surface area contributed by atoms with Crippen LogP contribution in [-0.2, 0) is 22.7 Å². The number of hydrogen-bond donors (Lipinski definition) is 2. The van der Waals surface area contributed by atoms with Gasteiger partial charge in [-0.15, -0.1) is 0 Å². The Hall–Kier alpha value is -2.89. The monoisotopic (exact) mass is 299 g/mol. The summed E-state index contributed by atoms with van der Waals surface area (Å²) in [6.07, 6.45) is 1.03. The molecule has 6 nitrogen and oxygen atoms in total. The van der Waals surface area contributed by atoms with Gasteiger partial charge in [0.25, 0.3) is 0 Å². The van der Waals surface area contributed by atoms with E-state index in [1.54, 1.807) is 12.3 Å². The lowest BCUT2D eigenvalue weighted by molar-refractivity contribution is -0.120. The average Bonchev–Trinajstić information content (AvgIpc) is 2.58. The molecule has 0 atom stereocenters. The third kappa shape index (κ3) is 5.62. The highest BCUT2D eigenvalue weighted by atomic mass is 16.5. The molecule has 0 fully saturated rings. The summed E-state index contributed by atoms with van der Waals surface area (Å²) in [5, 5.41) is 5.05. The molecule has 1 aromatic carbocycles. The predicted molar refractivity (Wildman–Crippen MR) is 80.7 cm³/mol. The molecule has 2 amide bonds. The van der Waals surface area contributed by atoms with Gasteiger partial charge in [0.05, 0.1) is 12.2 Å². The molecule has 0 bridgehead atoms. The first-order valence-electron chi connectivity index (χ1n) is 6.85. The Bertz CT molecular complexity index is 547. The molecule has 6 heteroatoms. The van der Waals surface area contributed by atoms with Crippen LogP contribution in [0, 0.1) is 0 Å². The van der Waals surface area contributed by atoms with Gasteiger partial charge in [-0.05, 0) is 17.7 Å². The number of pyridine rings is 1. The van der Waals surface area contributed by atoms with Crippen LogP contribution < -0.4 is 10.6 Å². The quantitative estimate of drug-likeness (QED) is 0.849. The summed E-state index contributed by atoms with van der Waals surface area (Å²) in [5.41, 5.74) is 1.64. The summed E-state index contributed by atoms with van der Waals surface area (Å²) in [7, 11) is 0. The number of nitrogens with one attached hydrogen (secondary N) is 2. The number of rotatable bonds is 6. The second kappa shape index (κ2) is 8.41. The maximum atomic E-state index is 11.6. The number of amides is 2. The van der Waals surface area contributed by atoms with Gasteiger partial charge in [-0.2, -0.15) is 0 Å². The molecule has 0 aliphatic heterocycles. The standard InChI is InChI=1S/C16H17N3O3/c20-15(18-10-14-8-4-5-9-17-14)11-19-16(21)22-12-13-6-2-1-3-7-13/h1-9H,10-12H2,(H,18,20)(H,19,21). The minimum atomic E-state index is -0.628. The fourth-order valence-electron chi connectivity index (χ4n) is 1.68. The molecule has 2 N–H and O–H groups in total. The van der Waals surface area contributed by atoms with Crippen molar-refractivity contribution in [1.82, 2.24) is 15.6 Å². The molecule has 0 saturated carbocycles. The Morgan fingerprint density at radius 1 is 1.00 bits per heavy atom.